The van der Waals surface area contributed by atoms with Crippen LogP contribution >= 0.6 is 0 Å². The number of ether oxygens (including phenoxy) is 2. The first-order chi connectivity index (χ1) is 16.9. The number of H-pyrrole nitrogens is 2. The van der Waals surface area contributed by atoms with E-state index >= 15 is 0 Å². The van der Waals surface area contributed by atoms with Gasteiger partial charge in [0.1, 0.15) is 11.3 Å². The molecule has 0 aliphatic heterocycles. The topological polar surface area (TPSA) is 139 Å². The molecular formula is C25H24N4O6. The van der Waals surface area contributed by atoms with Crippen LogP contribution in [0.25, 0.3) is 16.6 Å². The van der Waals surface area contributed by atoms with E-state index in [0.717, 1.165) is 27.2 Å². The fourth-order valence-corrected chi connectivity index (χ4v) is 3.76. The Morgan fingerprint density at radius 2 is 1.91 bits per heavy atom. The van der Waals surface area contributed by atoms with Gasteiger partial charge in [0.2, 0.25) is 5.88 Å². The first kappa shape index (κ1) is 23.6. The maximum atomic E-state index is 12.5. The van der Waals surface area contributed by atoms with Crippen molar-refractivity contribution in [3.05, 3.63) is 86.7 Å². The minimum atomic E-state index is -0.983. The van der Waals surface area contributed by atoms with Crippen molar-refractivity contribution in [3.8, 4) is 17.3 Å². The van der Waals surface area contributed by atoms with Gasteiger partial charge in [-0.1, -0.05) is 18.2 Å². The van der Waals surface area contributed by atoms with E-state index in [4.69, 9.17) is 9.47 Å². The van der Waals surface area contributed by atoms with Crippen molar-refractivity contribution in [2.24, 2.45) is 4.99 Å². The fraction of sp³-hybridized carbons (Fsp3) is 0.200. The molecular weight excluding hydrogens is 452 g/mol. The molecule has 180 valence electrons. The molecule has 35 heavy (non-hydrogen) atoms. The Balaban J connectivity index is 1.70. The molecule has 0 unspecified atom stereocenters. The number of hydrogen-bond acceptors (Lipinski definition) is 7. The predicted molar refractivity (Wildman–Crippen MR) is 131 cm³/mol. The highest BCUT2D eigenvalue weighted by atomic mass is 16.5. The molecule has 2 aromatic heterocycles. The van der Waals surface area contributed by atoms with Crippen LogP contribution in [0.5, 0.6) is 11.6 Å². The summed E-state index contributed by atoms with van der Waals surface area (Å²) in [5.41, 5.74) is 0.125. The van der Waals surface area contributed by atoms with Crippen LogP contribution in [0.15, 0.2) is 69.3 Å². The lowest BCUT2D eigenvalue weighted by Gasteiger charge is -2.12. The molecule has 0 amide bonds. The summed E-state index contributed by atoms with van der Waals surface area (Å²) in [5.74, 6) is -0.627. The zero-order chi connectivity index (χ0) is 24.9. The number of carbonyl (C=O) groups excluding carboxylic acids is 1. The van der Waals surface area contributed by atoms with E-state index in [1.54, 1.807) is 30.5 Å². The third kappa shape index (κ3) is 4.86. The average molecular weight is 476 g/mol. The van der Waals surface area contributed by atoms with Crippen LogP contribution < -0.4 is 16.0 Å². The Hall–Kier alpha value is -4.60. The standard InChI is InChI=1S/C25H24N4O6/c1-3-35-17-10-8-16(9-11-17)29-23(31)19(22(30)28-25(29)33)14-27-21(24(32)34-2)12-15-13-26-20-7-5-4-6-18(15)20/h4-11,13-14,21,26,31H,3,12H2,1-2H3,(H,28,30,33)/t21-/m1/s1. The number of benzene rings is 2. The SMILES string of the molecule is CCOc1ccc(-n2c(O)c(C=N[C@H](Cc3c[nH]c4ccccc34)C(=O)OC)c(=O)[nH]c2=O)cc1. The largest absolute Gasteiger partial charge is 0.494 e. The van der Waals surface area contributed by atoms with E-state index in [-0.39, 0.29) is 12.0 Å². The minimum absolute atomic E-state index is 0.199. The second-order valence-electron chi connectivity index (χ2n) is 7.64. The second-order valence-corrected chi connectivity index (χ2v) is 7.64. The van der Waals surface area contributed by atoms with Gasteiger partial charge < -0.3 is 19.6 Å². The number of rotatable bonds is 8. The van der Waals surface area contributed by atoms with E-state index in [1.807, 2.05) is 31.2 Å². The number of aliphatic imine (C=N–C) groups is 1. The van der Waals surface area contributed by atoms with Crippen molar-refractivity contribution in [2.45, 2.75) is 19.4 Å². The molecule has 0 radical (unpaired) electrons. The lowest BCUT2D eigenvalue weighted by atomic mass is 10.1. The van der Waals surface area contributed by atoms with Crippen molar-refractivity contribution in [2.75, 3.05) is 13.7 Å². The number of hydrogen-bond donors (Lipinski definition) is 3. The van der Waals surface area contributed by atoms with E-state index in [2.05, 4.69) is 15.0 Å². The number of para-hydroxylation sites is 1. The van der Waals surface area contributed by atoms with Crippen molar-refractivity contribution in [1.82, 2.24) is 14.5 Å². The number of fused-ring (bicyclic) bond motifs is 1. The van der Waals surface area contributed by atoms with Crippen LogP contribution in [-0.4, -0.2) is 51.6 Å². The highest BCUT2D eigenvalue weighted by Gasteiger charge is 2.21. The number of aromatic nitrogens is 3. The molecule has 0 saturated heterocycles. The van der Waals surface area contributed by atoms with Crippen molar-refractivity contribution in [1.29, 1.82) is 0 Å². The lowest BCUT2D eigenvalue weighted by Crippen LogP contribution is -2.31. The minimum Gasteiger partial charge on any atom is -0.494 e. The molecule has 2 heterocycles. The number of esters is 1. The number of nitrogens with one attached hydrogen (secondary N) is 2. The first-order valence-electron chi connectivity index (χ1n) is 10.9. The number of nitrogens with zero attached hydrogens (tertiary/aromatic N) is 2. The van der Waals surface area contributed by atoms with Crippen LogP contribution in [0.1, 0.15) is 18.1 Å². The number of methoxy groups -OCH3 is 1. The zero-order valence-electron chi connectivity index (χ0n) is 19.1. The van der Waals surface area contributed by atoms with Gasteiger partial charge in [-0.3, -0.25) is 14.8 Å². The summed E-state index contributed by atoms with van der Waals surface area (Å²) < 4.78 is 11.2. The van der Waals surface area contributed by atoms with Gasteiger partial charge in [0.05, 0.1) is 19.4 Å². The summed E-state index contributed by atoms with van der Waals surface area (Å²) in [4.78, 5) is 46.9. The number of aromatic hydroxyl groups is 1. The third-order valence-electron chi connectivity index (χ3n) is 5.47. The fourth-order valence-electron chi connectivity index (χ4n) is 3.76. The number of aromatic amines is 2. The molecule has 10 nitrogen and oxygen atoms in total. The molecule has 0 fully saturated rings. The molecule has 0 saturated carbocycles. The van der Waals surface area contributed by atoms with Gasteiger partial charge in [-0.2, -0.15) is 0 Å². The van der Waals surface area contributed by atoms with Gasteiger partial charge in [-0.05, 0) is 42.8 Å². The summed E-state index contributed by atoms with van der Waals surface area (Å²) in [7, 11) is 1.25. The van der Waals surface area contributed by atoms with Crippen molar-refractivity contribution >= 4 is 23.1 Å². The highest BCUT2D eigenvalue weighted by molar-refractivity contribution is 5.87. The van der Waals surface area contributed by atoms with Gasteiger partial charge in [0, 0.05) is 29.7 Å². The molecule has 0 aliphatic carbocycles. The van der Waals surface area contributed by atoms with E-state index in [0.29, 0.717) is 18.0 Å². The van der Waals surface area contributed by atoms with Crippen LogP contribution in [0, 0.1) is 0 Å². The molecule has 1 atom stereocenters. The summed E-state index contributed by atoms with van der Waals surface area (Å²) >= 11 is 0. The Bertz CT molecular complexity index is 1500. The van der Waals surface area contributed by atoms with E-state index < -0.39 is 29.1 Å². The summed E-state index contributed by atoms with van der Waals surface area (Å²) in [5, 5.41) is 11.7. The normalized spacial score (nSPS) is 12.2. The Labute approximate surface area is 199 Å². The Morgan fingerprint density at radius 3 is 2.63 bits per heavy atom. The third-order valence-corrected chi connectivity index (χ3v) is 5.47. The Morgan fingerprint density at radius 1 is 1.17 bits per heavy atom. The van der Waals surface area contributed by atoms with Gasteiger partial charge in [-0.25, -0.2) is 14.2 Å². The van der Waals surface area contributed by atoms with Crippen molar-refractivity contribution in [3.63, 3.8) is 0 Å². The first-order valence-corrected chi connectivity index (χ1v) is 10.9. The van der Waals surface area contributed by atoms with Crippen LogP contribution in [-0.2, 0) is 16.0 Å². The molecule has 4 rings (SSSR count). The molecule has 0 aliphatic rings. The summed E-state index contributed by atoms with van der Waals surface area (Å²) in [6.07, 6.45) is 3.06. The molecule has 0 bridgehead atoms. The maximum Gasteiger partial charge on any atom is 0.335 e. The van der Waals surface area contributed by atoms with Crippen LogP contribution in [0.2, 0.25) is 0 Å². The molecule has 0 spiro atoms. The maximum absolute atomic E-state index is 12.5. The number of carbonyl (C=O) groups is 1. The van der Waals surface area contributed by atoms with Gasteiger partial charge in [0.25, 0.3) is 5.56 Å². The lowest BCUT2D eigenvalue weighted by molar-refractivity contribution is -0.142. The monoisotopic (exact) mass is 476 g/mol. The van der Waals surface area contributed by atoms with E-state index in [9.17, 15) is 19.5 Å². The van der Waals surface area contributed by atoms with Gasteiger partial charge >= 0.3 is 11.7 Å². The smallest absolute Gasteiger partial charge is 0.335 e. The summed E-state index contributed by atoms with van der Waals surface area (Å²) in [6.45, 7) is 2.32. The Kier molecular flexibility index (Phi) is 6.81. The van der Waals surface area contributed by atoms with Crippen LogP contribution in [0.3, 0.4) is 0 Å². The predicted octanol–water partition coefficient (Wildman–Crippen LogP) is 2.31. The van der Waals surface area contributed by atoms with Gasteiger partial charge in [0.15, 0.2) is 6.04 Å². The van der Waals surface area contributed by atoms with Gasteiger partial charge in [-0.15, -0.1) is 0 Å². The molecule has 2 aromatic carbocycles. The molecule has 4 aromatic rings. The molecule has 10 heteroatoms. The highest BCUT2D eigenvalue weighted by Crippen LogP contribution is 2.21. The summed E-state index contributed by atoms with van der Waals surface area (Å²) in [6, 6.07) is 13.0. The quantitative estimate of drug-likeness (QED) is 0.263. The zero-order valence-corrected chi connectivity index (χ0v) is 19.1. The van der Waals surface area contributed by atoms with E-state index in [1.165, 1.54) is 7.11 Å². The van der Waals surface area contributed by atoms with Crippen molar-refractivity contribution < 1.29 is 19.4 Å². The van der Waals surface area contributed by atoms with Crippen LogP contribution in [0.4, 0.5) is 0 Å². The average Bonchev–Trinajstić information content (AvgIpc) is 3.26. The molecule has 3 N–H and O–H groups in total. The second kappa shape index (κ2) is 10.1.